The molecule has 0 bridgehead atoms. The van der Waals surface area contributed by atoms with E-state index >= 15 is 0 Å². The molecule has 0 aromatic carbocycles. The van der Waals surface area contributed by atoms with Crippen molar-refractivity contribution < 1.29 is 0 Å². The summed E-state index contributed by atoms with van der Waals surface area (Å²) in [5.74, 6) is 0. The molecule has 0 amide bonds. The van der Waals surface area contributed by atoms with Crippen LogP contribution in [0, 0.1) is 0 Å². The first-order valence-electron chi connectivity index (χ1n) is 5.00. The second kappa shape index (κ2) is 5.70. The highest BCUT2D eigenvalue weighted by molar-refractivity contribution is 5.03. The van der Waals surface area contributed by atoms with E-state index in [1.54, 1.807) is 0 Å². The minimum atomic E-state index is 0.627. The zero-order chi connectivity index (χ0) is 9.52. The van der Waals surface area contributed by atoms with E-state index in [-0.39, 0.29) is 0 Å². The van der Waals surface area contributed by atoms with Crippen molar-refractivity contribution in [2.45, 2.75) is 39.3 Å². The van der Waals surface area contributed by atoms with Crippen molar-refractivity contribution in [3.63, 3.8) is 0 Å². The maximum atomic E-state index is 4.26. The van der Waals surface area contributed by atoms with E-state index in [0.717, 1.165) is 12.2 Å². The molecule has 2 nitrogen and oxygen atoms in total. The first-order valence-corrected chi connectivity index (χ1v) is 5.00. The van der Waals surface area contributed by atoms with Crippen LogP contribution in [0.15, 0.2) is 24.4 Å². The smallest absolute Gasteiger partial charge is 0.0541 e. The highest BCUT2D eigenvalue weighted by atomic mass is 14.9. The lowest BCUT2D eigenvalue weighted by Crippen LogP contribution is -2.27. The van der Waals surface area contributed by atoms with Crippen LogP contribution in [0.5, 0.6) is 0 Å². The summed E-state index contributed by atoms with van der Waals surface area (Å²) in [6.45, 7) is 5.30. The Balaban J connectivity index is 2.34. The van der Waals surface area contributed by atoms with Crippen LogP contribution in [0.3, 0.4) is 0 Å². The van der Waals surface area contributed by atoms with Crippen molar-refractivity contribution in [2.24, 2.45) is 0 Å². The number of hydrogen-bond acceptors (Lipinski definition) is 2. The van der Waals surface area contributed by atoms with Crippen LogP contribution in [-0.2, 0) is 6.54 Å². The summed E-state index contributed by atoms with van der Waals surface area (Å²) in [7, 11) is 0. The molecule has 13 heavy (non-hydrogen) atoms. The average Bonchev–Trinajstić information content (AvgIpc) is 2.21. The van der Waals surface area contributed by atoms with Crippen LogP contribution < -0.4 is 5.32 Å². The molecule has 0 unspecified atom stereocenters. The third kappa shape index (κ3) is 3.55. The summed E-state index contributed by atoms with van der Waals surface area (Å²) >= 11 is 0. The van der Waals surface area contributed by atoms with Crippen molar-refractivity contribution in [1.82, 2.24) is 10.3 Å². The molecular formula is C11H18N2. The normalized spacial score (nSPS) is 10.7. The van der Waals surface area contributed by atoms with Gasteiger partial charge in [0.15, 0.2) is 0 Å². The van der Waals surface area contributed by atoms with Crippen LogP contribution in [0.1, 0.15) is 32.4 Å². The highest BCUT2D eigenvalue weighted by Crippen LogP contribution is 1.99. The third-order valence-electron chi connectivity index (χ3n) is 2.28. The van der Waals surface area contributed by atoms with Crippen molar-refractivity contribution >= 4 is 0 Å². The summed E-state index contributed by atoms with van der Waals surface area (Å²) < 4.78 is 0. The highest BCUT2D eigenvalue weighted by Gasteiger charge is 2.01. The molecule has 1 N–H and O–H groups in total. The predicted molar refractivity (Wildman–Crippen MR) is 55.4 cm³/mol. The van der Waals surface area contributed by atoms with Gasteiger partial charge in [-0.3, -0.25) is 4.98 Å². The Labute approximate surface area is 80.4 Å². The van der Waals surface area contributed by atoms with E-state index in [4.69, 9.17) is 0 Å². The molecule has 0 aliphatic carbocycles. The van der Waals surface area contributed by atoms with E-state index in [1.807, 2.05) is 18.3 Å². The quantitative estimate of drug-likeness (QED) is 0.748. The lowest BCUT2D eigenvalue weighted by molar-refractivity contribution is 0.480. The molecule has 1 aromatic heterocycles. The van der Waals surface area contributed by atoms with E-state index < -0.39 is 0 Å². The summed E-state index contributed by atoms with van der Waals surface area (Å²) in [5.41, 5.74) is 1.12. The van der Waals surface area contributed by atoms with Gasteiger partial charge in [0.05, 0.1) is 5.69 Å². The van der Waals surface area contributed by atoms with Gasteiger partial charge in [0.25, 0.3) is 0 Å². The Morgan fingerprint density at radius 1 is 1.31 bits per heavy atom. The lowest BCUT2D eigenvalue weighted by atomic mass is 10.2. The molecule has 1 heterocycles. The van der Waals surface area contributed by atoms with Crippen LogP contribution in [-0.4, -0.2) is 11.0 Å². The van der Waals surface area contributed by atoms with Crippen LogP contribution in [0.4, 0.5) is 0 Å². The van der Waals surface area contributed by atoms with Gasteiger partial charge in [0.2, 0.25) is 0 Å². The van der Waals surface area contributed by atoms with Gasteiger partial charge in [-0.2, -0.15) is 0 Å². The molecule has 0 saturated heterocycles. The summed E-state index contributed by atoms with van der Waals surface area (Å²) in [5, 5.41) is 3.47. The van der Waals surface area contributed by atoms with Gasteiger partial charge in [0.1, 0.15) is 0 Å². The first kappa shape index (κ1) is 10.2. The van der Waals surface area contributed by atoms with Gasteiger partial charge in [0, 0.05) is 18.8 Å². The number of nitrogens with zero attached hydrogens (tertiary/aromatic N) is 1. The average molecular weight is 178 g/mol. The molecule has 0 saturated carbocycles. The molecular weight excluding hydrogens is 160 g/mol. The second-order valence-electron chi connectivity index (χ2n) is 3.22. The number of aromatic nitrogens is 1. The van der Waals surface area contributed by atoms with Crippen LogP contribution >= 0.6 is 0 Å². The maximum Gasteiger partial charge on any atom is 0.0541 e. The van der Waals surface area contributed by atoms with Gasteiger partial charge in [-0.15, -0.1) is 0 Å². The van der Waals surface area contributed by atoms with E-state index in [0.29, 0.717) is 6.04 Å². The monoisotopic (exact) mass is 178 g/mol. The number of hydrogen-bond donors (Lipinski definition) is 1. The molecule has 1 rings (SSSR count). The van der Waals surface area contributed by atoms with Crippen molar-refractivity contribution in [3.05, 3.63) is 30.1 Å². The van der Waals surface area contributed by atoms with Gasteiger partial charge >= 0.3 is 0 Å². The zero-order valence-corrected chi connectivity index (χ0v) is 8.46. The summed E-state index contributed by atoms with van der Waals surface area (Å²) in [4.78, 5) is 4.26. The first-order chi connectivity index (χ1) is 6.36. The Morgan fingerprint density at radius 3 is 2.62 bits per heavy atom. The van der Waals surface area contributed by atoms with Crippen molar-refractivity contribution in [2.75, 3.05) is 0 Å². The maximum absolute atomic E-state index is 4.26. The fourth-order valence-electron chi connectivity index (χ4n) is 1.33. The third-order valence-corrected chi connectivity index (χ3v) is 2.28. The van der Waals surface area contributed by atoms with Gasteiger partial charge < -0.3 is 5.32 Å². The molecule has 1 aromatic rings. The molecule has 0 aliphatic heterocycles. The fourth-order valence-corrected chi connectivity index (χ4v) is 1.33. The molecule has 72 valence electrons. The number of rotatable bonds is 5. The SMILES string of the molecule is CCC(CC)NCc1ccccn1. The van der Waals surface area contributed by atoms with Crippen LogP contribution in [0.25, 0.3) is 0 Å². The predicted octanol–water partition coefficient (Wildman–Crippen LogP) is 2.36. The zero-order valence-electron chi connectivity index (χ0n) is 8.46. The minimum Gasteiger partial charge on any atom is -0.308 e. The van der Waals surface area contributed by atoms with Crippen molar-refractivity contribution in [1.29, 1.82) is 0 Å². The Morgan fingerprint density at radius 2 is 2.08 bits per heavy atom. The van der Waals surface area contributed by atoms with E-state index in [1.165, 1.54) is 12.8 Å². The Kier molecular flexibility index (Phi) is 4.47. The Hall–Kier alpha value is -0.890. The number of pyridine rings is 1. The fraction of sp³-hybridized carbons (Fsp3) is 0.545. The minimum absolute atomic E-state index is 0.627. The second-order valence-corrected chi connectivity index (χ2v) is 3.22. The van der Waals surface area contributed by atoms with Gasteiger partial charge in [-0.05, 0) is 25.0 Å². The van der Waals surface area contributed by atoms with Gasteiger partial charge in [-0.25, -0.2) is 0 Å². The van der Waals surface area contributed by atoms with Gasteiger partial charge in [-0.1, -0.05) is 19.9 Å². The topological polar surface area (TPSA) is 24.9 Å². The molecule has 0 atom stereocenters. The molecule has 0 radical (unpaired) electrons. The standard InChI is InChI=1S/C11H18N2/c1-3-10(4-2)13-9-11-7-5-6-8-12-11/h5-8,10,13H,3-4,9H2,1-2H3. The Bertz CT molecular complexity index is 217. The van der Waals surface area contributed by atoms with E-state index in [2.05, 4.69) is 30.2 Å². The summed E-state index contributed by atoms with van der Waals surface area (Å²) in [6, 6.07) is 6.65. The largest absolute Gasteiger partial charge is 0.308 e. The number of nitrogens with one attached hydrogen (secondary N) is 1. The molecule has 2 heteroatoms. The van der Waals surface area contributed by atoms with E-state index in [9.17, 15) is 0 Å². The van der Waals surface area contributed by atoms with Crippen LogP contribution in [0.2, 0.25) is 0 Å². The van der Waals surface area contributed by atoms with Crippen molar-refractivity contribution in [3.8, 4) is 0 Å². The molecule has 0 spiro atoms. The molecule has 0 fully saturated rings. The molecule has 0 aliphatic rings. The summed E-state index contributed by atoms with van der Waals surface area (Å²) in [6.07, 6.45) is 4.20. The lowest BCUT2D eigenvalue weighted by Gasteiger charge is -2.13.